The fourth-order valence-electron chi connectivity index (χ4n) is 1.91. The SMILES string of the molecule is COc1ccc(CCNCCNC(=O)C2CC2)cc1. The van der Waals surface area contributed by atoms with Crippen LogP contribution in [-0.2, 0) is 11.2 Å². The molecule has 2 rings (SSSR count). The second kappa shape index (κ2) is 7.14. The predicted octanol–water partition coefficient (Wildman–Crippen LogP) is 1.35. The first-order valence-corrected chi connectivity index (χ1v) is 6.91. The second-order valence-electron chi connectivity index (χ2n) is 4.91. The highest BCUT2D eigenvalue weighted by Gasteiger charge is 2.28. The van der Waals surface area contributed by atoms with E-state index < -0.39 is 0 Å². The third-order valence-electron chi connectivity index (χ3n) is 3.30. The molecule has 0 heterocycles. The van der Waals surface area contributed by atoms with Gasteiger partial charge < -0.3 is 15.4 Å². The van der Waals surface area contributed by atoms with E-state index in [1.807, 2.05) is 12.1 Å². The quantitative estimate of drug-likeness (QED) is 0.695. The zero-order valence-corrected chi connectivity index (χ0v) is 11.4. The summed E-state index contributed by atoms with van der Waals surface area (Å²) in [7, 11) is 1.67. The van der Waals surface area contributed by atoms with Crippen LogP contribution in [0.25, 0.3) is 0 Å². The highest BCUT2D eigenvalue weighted by Crippen LogP contribution is 2.28. The molecule has 0 bridgehead atoms. The molecule has 1 aromatic rings. The van der Waals surface area contributed by atoms with Gasteiger partial charge in [0.05, 0.1) is 7.11 Å². The van der Waals surface area contributed by atoms with Gasteiger partial charge in [-0.05, 0) is 43.5 Å². The molecule has 0 spiro atoms. The number of hydrogen-bond acceptors (Lipinski definition) is 3. The van der Waals surface area contributed by atoms with Crippen LogP contribution in [0.4, 0.5) is 0 Å². The number of benzene rings is 1. The van der Waals surface area contributed by atoms with Crippen LogP contribution in [0.5, 0.6) is 5.75 Å². The fraction of sp³-hybridized carbons (Fsp3) is 0.533. The molecule has 2 N–H and O–H groups in total. The Bertz CT molecular complexity index is 399. The molecule has 0 aromatic heterocycles. The van der Waals surface area contributed by atoms with Crippen molar-refractivity contribution in [3.05, 3.63) is 29.8 Å². The lowest BCUT2D eigenvalue weighted by Gasteiger charge is -2.07. The summed E-state index contributed by atoms with van der Waals surface area (Å²) in [5.74, 6) is 1.41. The molecule has 1 aliphatic rings. The van der Waals surface area contributed by atoms with Gasteiger partial charge in [0.1, 0.15) is 5.75 Å². The highest BCUT2D eigenvalue weighted by molar-refractivity contribution is 5.80. The molecule has 0 radical (unpaired) electrons. The summed E-state index contributed by atoms with van der Waals surface area (Å²) >= 11 is 0. The molecule has 19 heavy (non-hydrogen) atoms. The third-order valence-corrected chi connectivity index (χ3v) is 3.30. The van der Waals surface area contributed by atoms with Crippen molar-refractivity contribution in [3.63, 3.8) is 0 Å². The van der Waals surface area contributed by atoms with Crippen molar-refractivity contribution < 1.29 is 9.53 Å². The van der Waals surface area contributed by atoms with Gasteiger partial charge in [-0.3, -0.25) is 4.79 Å². The van der Waals surface area contributed by atoms with E-state index >= 15 is 0 Å². The lowest BCUT2D eigenvalue weighted by Crippen LogP contribution is -2.33. The van der Waals surface area contributed by atoms with Gasteiger partial charge in [-0.15, -0.1) is 0 Å². The average Bonchev–Trinajstić information content (AvgIpc) is 3.27. The van der Waals surface area contributed by atoms with Crippen molar-refractivity contribution >= 4 is 5.91 Å². The normalized spacial score (nSPS) is 14.2. The topological polar surface area (TPSA) is 50.4 Å². The second-order valence-corrected chi connectivity index (χ2v) is 4.91. The van der Waals surface area contributed by atoms with Gasteiger partial charge in [0, 0.05) is 19.0 Å². The third kappa shape index (κ3) is 4.91. The van der Waals surface area contributed by atoms with Crippen LogP contribution in [0.1, 0.15) is 18.4 Å². The standard InChI is InChI=1S/C15H22N2O2/c1-19-14-6-2-12(3-7-14)8-9-16-10-11-17-15(18)13-4-5-13/h2-3,6-7,13,16H,4-5,8-11H2,1H3,(H,17,18). The minimum absolute atomic E-state index is 0.219. The number of carbonyl (C=O) groups excluding carboxylic acids is 1. The Morgan fingerprint density at radius 3 is 2.58 bits per heavy atom. The van der Waals surface area contributed by atoms with Gasteiger partial charge in [-0.25, -0.2) is 0 Å². The van der Waals surface area contributed by atoms with Crippen LogP contribution >= 0.6 is 0 Å². The van der Waals surface area contributed by atoms with Gasteiger partial charge in [0.15, 0.2) is 0 Å². The Balaban J connectivity index is 1.52. The van der Waals surface area contributed by atoms with Gasteiger partial charge in [-0.1, -0.05) is 12.1 Å². The summed E-state index contributed by atoms with van der Waals surface area (Å²) in [6.45, 7) is 2.47. The van der Waals surface area contributed by atoms with E-state index in [0.717, 1.165) is 44.6 Å². The van der Waals surface area contributed by atoms with Crippen LogP contribution in [0, 0.1) is 5.92 Å². The Morgan fingerprint density at radius 2 is 1.95 bits per heavy atom. The molecule has 1 fully saturated rings. The van der Waals surface area contributed by atoms with Crippen LogP contribution < -0.4 is 15.4 Å². The van der Waals surface area contributed by atoms with E-state index in [-0.39, 0.29) is 5.91 Å². The first-order chi connectivity index (χ1) is 9.29. The number of rotatable bonds is 8. The van der Waals surface area contributed by atoms with Gasteiger partial charge in [0.2, 0.25) is 5.91 Å². The summed E-state index contributed by atoms with van der Waals surface area (Å²) in [6, 6.07) is 8.11. The van der Waals surface area contributed by atoms with Crippen molar-refractivity contribution in [3.8, 4) is 5.75 Å². The molecule has 4 heteroatoms. The van der Waals surface area contributed by atoms with E-state index in [2.05, 4.69) is 22.8 Å². The molecule has 1 aromatic carbocycles. The summed E-state index contributed by atoms with van der Waals surface area (Å²) in [5, 5.41) is 6.27. The van der Waals surface area contributed by atoms with Crippen molar-refractivity contribution in [2.45, 2.75) is 19.3 Å². The van der Waals surface area contributed by atoms with Gasteiger partial charge in [0.25, 0.3) is 0 Å². The summed E-state index contributed by atoms with van der Waals surface area (Å²) in [5.41, 5.74) is 1.29. The maximum absolute atomic E-state index is 11.4. The van der Waals surface area contributed by atoms with Crippen molar-refractivity contribution in [2.75, 3.05) is 26.7 Å². The predicted molar refractivity (Wildman–Crippen MR) is 75.3 cm³/mol. The zero-order chi connectivity index (χ0) is 13.5. The molecule has 1 aliphatic carbocycles. The van der Waals surface area contributed by atoms with Gasteiger partial charge in [-0.2, -0.15) is 0 Å². The van der Waals surface area contributed by atoms with E-state index in [1.165, 1.54) is 5.56 Å². The minimum atomic E-state index is 0.219. The van der Waals surface area contributed by atoms with E-state index in [1.54, 1.807) is 7.11 Å². The lowest BCUT2D eigenvalue weighted by atomic mass is 10.1. The van der Waals surface area contributed by atoms with Crippen molar-refractivity contribution in [1.82, 2.24) is 10.6 Å². The maximum Gasteiger partial charge on any atom is 0.223 e. The first kappa shape index (κ1) is 13.9. The molecule has 104 valence electrons. The Hall–Kier alpha value is -1.55. The van der Waals surface area contributed by atoms with Crippen LogP contribution in [0.15, 0.2) is 24.3 Å². The van der Waals surface area contributed by atoms with Crippen molar-refractivity contribution in [2.24, 2.45) is 5.92 Å². The lowest BCUT2D eigenvalue weighted by molar-refractivity contribution is -0.122. The first-order valence-electron chi connectivity index (χ1n) is 6.91. The van der Waals surface area contributed by atoms with Crippen LogP contribution in [0.3, 0.4) is 0 Å². The molecule has 0 atom stereocenters. The number of carbonyl (C=O) groups is 1. The molecule has 1 saturated carbocycles. The molecule has 0 unspecified atom stereocenters. The molecule has 0 aliphatic heterocycles. The smallest absolute Gasteiger partial charge is 0.223 e. The fourth-order valence-corrected chi connectivity index (χ4v) is 1.91. The Labute approximate surface area is 114 Å². The maximum atomic E-state index is 11.4. The summed E-state index contributed by atoms with van der Waals surface area (Å²) in [4.78, 5) is 11.4. The van der Waals surface area contributed by atoms with E-state index in [9.17, 15) is 4.79 Å². The number of ether oxygens (including phenoxy) is 1. The van der Waals surface area contributed by atoms with Crippen LogP contribution in [-0.4, -0.2) is 32.7 Å². The number of nitrogens with one attached hydrogen (secondary N) is 2. The molecular formula is C15H22N2O2. The largest absolute Gasteiger partial charge is 0.497 e. The molecule has 4 nitrogen and oxygen atoms in total. The summed E-state index contributed by atoms with van der Waals surface area (Å²) in [6.07, 6.45) is 3.12. The number of amides is 1. The van der Waals surface area contributed by atoms with E-state index in [0.29, 0.717) is 5.92 Å². The highest BCUT2D eigenvalue weighted by atomic mass is 16.5. The Kier molecular flexibility index (Phi) is 5.21. The minimum Gasteiger partial charge on any atom is -0.497 e. The van der Waals surface area contributed by atoms with Crippen molar-refractivity contribution in [1.29, 1.82) is 0 Å². The summed E-state index contributed by atoms with van der Waals surface area (Å²) < 4.78 is 5.12. The number of methoxy groups -OCH3 is 1. The monoisotopic (exact) mass is 262 g/mol. The Morgan fingerprint density at radius 1 is 1.21 bits per heavy atom. The van der Waals surface area contributed by atoms with E-state index in [4.69, 9.17) is 4.74 Å². The number of hydrogen-bond donors (Lipinski definition) is 2. The molecule has 0 saturated heterocycles. The van der Waals surface area contributed by atoms with Crippen LogP contribution in [0.2, 0.25) is 0 Å². The molecule has 1 amide bonds. The zero-order valence-electron chi connectivity index (χ0n) is 11.4. The van der Waals surface area contributed by atoms with Gasteiger partial charge >= 0.3 is 0 Å². The molecular weight excluding hydrogens is 240 g/mol. The average molecular weight is 262 g/mol.